The Labute approximate surface area is 112 Å². The quantitative estimate of drug-likeness (QED) is 0.575. The average molecular weight is 268 g/mol. The van der Waals surface area contributed by atoms with Crippen molar-refractivity contribution in [3.63, 3.8) is 0 Å². The molecule has 0 aromatic heterocycles. The lowest BCUT2D eigenvalue weighted by atomic mass is 9.86. The van der Waals surface area contributed by atoms with Crippen molar-refractivity contribution in [3.05, 3.63) is 12.2 Å². The summed E-state index contributed by atoms with van der Waals surface area (Å²) in [5.74, 6) is -1.19. The summed E-state index contributed by atoms with van der Waals surface area (Å²) in [7, 11) is 0. The zero-order valence-electron chi connectivity index (χ0n) is 11.8. The monoisotopic (exact) mass is 268 g/mol. The van der Waals surface area contributed by atoms with Crippen LogP contribution in [0.15, 0.2) is 12.2 Å². The highest BCUT2D eigenvalue weighted by atomic mass is 16.6. The molecule has 0 aromatic carbocycles. The molecule has 1 saturated heterocycles. The van der Waals surface area contributed by atoms with Crippen LogP contribution in [-0.2, 0) is 23.8 Å². The van der Waals surface area contributed by atoms with Gasteiger partial charge in [-0.2, -0.15) is 0 Å². The molecule has 0 aliphatic carbocycles. The summed E-state index contributed by atoms with van der Waals surface area (Å²) in [5, 5.41) is 0. The number of fused-ring (bicyclic) bond motifs is 2. The molecule has 2 aliphatic heterocycles. The molecule has 0 N–H and O–H groups in total. The number of hydrogen-bond acceptors (Lipinski definition) is 5. The van der Waals surface area contributed by atoms with Crippen molar-refractivity contribution in [1.29, 1.82) is 0 Å². The highest BCUT2D eigenvalue weighted by molar-refractivity contribution is 5.86. The Morgan fingerprint density at radius 3 is 2.68 bits per heavy atom. The van der Waals surface area contributed by atoms with Crippen LogP contribution in [0, 0.1) is 5.92 Å². The van der Waals surface area contributed by atoms with Crippen LogP contribution in [0.4, 0.5) is 0 Å². The van der Waals surface area contributed by atoms with Gasteiger partial charge in [0.05, 0.1) is 18.6 Å². The molecule has 0 spiro atoms. The molecule has 106 valence electrons. The number of carbonyl (C=O) groups is 2. The van der Waals surface area contributed by atoms with Gasteiger partial charge in [-0.15, -0.1) is 0 Å². The lowest BCUT2D eigenvalue weighted by Gasteiger charge is -2.24. The first-order valence-corrected chi connectivity index (χ1v) is 6.55. The van der Waals surface area contributed by atoms with Crippen LogP contribution < -0.4 is 0 Å². The molecule has 0 saturated carbocycles. The SMILES string of the molecule is CCOC(=O)[C@@]12C=C[C@@H](O1)[C@@H](C(=O)OC(C)(C)C)C2. The minimum Gasteiger partial charge on any atom is -0.464 e. The van der Waals surface area contributed by atoms with Gasteiger partial charge in [-0.25, -0.2) is 4.79 Å². The minimum atomic E-state index is -1.09. The summed E-state index contributed by atoms with van der Waals surface area (Å²) < 4.78 is 16.0. The molecule has 3 atom stereocenters. The molecule has 5 heteroatoms. The molecular weight excluding hydrogens is 248 g/mol. The van der Waals surface area contributed by atoms with Crippen LogP contribution in [0.1, 0.15) is 34.1 Å². The van der Waals surface area contributed by atoms with E-state index >= 15 is 0 Å². The number of esters is 2. The fourth-order valence-corrected chi connectivity index (χ4v) is 2.39. The molecule has 2 aliphatic rings. The predicted molar refractivity (Wildman–Crippen MR) is 67.3 cm³/mol. The maximum atomic E-state index is 12.1. The maximum absolute atomic E-state index is 12.1. The van der Waals surface area contributed by atoms with Gasteiger partial charge in [0, 0.05) is 6.42 Å². The van der Waals surface area contributed by atoms with Crippen LogP contribution in [0.3, 0.4) is 0 Å². The largest absolute Gasteiger partial charge is 0.464 e. The van der Waals surface area contributed by atoms with Crippen LogP contribution in [0.25, 0.3) is 0 Å². The predicted octanol–water partition coefficient (Wildman–Crippen LogP) is 1.60. The van der Waals surface area contributed by atoms with Gasteiger partial charge in [0.15, 0.2) is 5.60 Å². The average Bonchev–Trinajstić information content (AvgIpc) is 2.85. The van der Waals surface area contributed by atoms with E-state index in [-0.39, 0.29) is 12.1 Å². The van der Waals surface area contributed by atoms with Crippen molar-refractivity contribution in [2.75, 3.05) is 6.61 Å². The van der Waals surface area contributed by atoms with Crippen molar-refractivity contribution in [2.24, 2.45) is 5.92 Å². The smallest absolute Gasteiger partial charge is 0.342 e. The third-order valence-electron chi connectivity index (χ3n) is 3.15. The standard InChI is InChI=1S/C14H20O5/c1-5-17-12(16)14-7-6-10(18-14)9(8-14)11(15)19-13(2,3)4/h6-7,9-10H,5,8H2,1-4H3/t9-,10+,14-/m0/s1. The van der Waals surface area contributed by atoms with Crippen molar-refractivity contribution in [2.45, 2.75) is 51.4 Å². The zero-order chi connectivity index (χ0) is 14.3. The number of carbonyl (C=O) groups excluding carboxylic acids is 2. The summed E-state index contributed by atoms with van der Waals surface area (Å²) >= 11 is 0. The van der Waals surface area contributed by atoms with E-state index < -0.39 is 23.1 Å². The van der Waals surface area contributed by atoms with Gasteiger partial charge >= 0.3 is 11.9 Å². The third-order valence-corrected chi connectivity index (χ3v) is 3.15. The second-order valence-electron chi connectivity index (χ2n) is 5.90. The first-order chi connectivity index (χ1) is 8.77. The molecular formula is C14H20O5. The van der Waals surface area contributed by atoms with E-state index in [0.717, 1.165) is 0 Å². The minimum absolute atomic E-state index is 0.291. The Hall–Kier alpha value is -1.36. The summed E-state index contributed by atoms with van der Waals surface area (Å²) in [4.78, 5) is 24.0. The van der Waals surface area contributed by atoms with E-state index in [2.05, 4.69) is 0 Å². The Morgan fingerprint density at radius 2 is 2.11 bits per heavy atom. The van der Waals surface area contributed by atoms with Gasteiger partial charge in [0.1, 0.15) is 5.60 Å². The Kier molecular flexibility index (Phi) is 3.43. The third kappa shape index (κ3) is 2.66. The first kappa shape index (κ1) is 14.1. The summed E-state index contributed by atoms with van der Waals surface area (Å²) in [5.41, 5.74) is -1.64. The Balaban J connectivity index is 2.08. The second kappa shape index (κ2) is 4.63. The van der Waals surface area contributed by atoms with E-state index in [9.17, 15) is 9.59 Å². The topological polar surface area (TPSA) is 61.8 Å². The van der Waals surface area contributed by atoms with E-state index in [0.29, 0.717) is 13.0 Å². The van der Waals surface area contributed by atoms with E-state index in [1.807, 2.05) is 20.8 Å². The lowest BCUT2D eigenvalue weighted by molar-refractivity contribution is -0.162. The van der Waals surface area contributed by atoms with Gasteiger partial charge in [-0.05, 0) is 33.8 Å². The Bertz CT molecular complexity index is 420. The van der Waals surface area contributed by atoms with Gasteiger partial charge in [0.2, 0.25) is 0 Å². The molecule has 1 fully saturated rings. The fourth-order valence-electron chi connectivity index (χ4n) is 2.39. The van der Waals surface area contributed by atoms with Crippen LogP contribution in [0.2, 0.25) is 0 Å². The van der Waals surface area contributed by atoms with Crippen molar-refractivity contribution in [3.8, 4) is 0 Å². The molecule has 2 heterocycles. The van der Waals surface area contributed by atoms with Crippen molar-refractivity contribution in [1.82, 2.24) is 0 Å². The number of ether oxygens (including phenoxy) is 3. The van der Waals surface area contributed by atoms with E-state index in [1.165, 1.54) is 0 Å². The lowest BCUT2D eigenvalue weighted by Crippen LogP contribution is -2.38. The van der Waals surface area contributed by atoms with E-state index in [4.69, 9.17) is 14.2 Å². The molecule has 0 amide bonds. The van der Waals surface area contributed by atoms with E-state index in [1.54, 1.807) is 19.1 Å². The highest BCUT2D eigenvalue weighted by Crippen LogP contribution is 2.43. The normalized spacial score (nSPS) is 32.4. The van der Waals surface area contributed by atoms with Gasteiger partial charge in [0.25, 0.3) is 0 Å². The Morgan fingerprint density at radius 1 is 1.42 bits per heavy atom. The number of rotatable bonds is 3. The summed E-state index contributed by atoms with van der Waals surface area (Å²) in [6.07, 6.45) is 3.34. The van der Waals surface area contributed by atoms with Crippen LogP contribution >= 0.6 is 0 Å². The molecule has 19 heavy (non-hydrogen) atoms. The second-order valence-corrected chi connectivity index (χ2v) is 5.90. The first-order valence-electron chi connectivity index (χ1n) is 6.55. The maximum Gasteiger partial charge on any atom is 0.342 e. The molecule has 5 nitrogen and oxygen atoms in total. The zero-order valence-corrected chi connectivity index (χ0v) is 11.8. The molecule has 0 radical (unpaired) electrons. The molecule has 2 rings (SSSR count). The van der Waals surface area contributed by atoms with Crippen molar-refractivity contribution >= 4 is 11.9 Å². The fraction of sp³-hybridized carbons (Fsp3) is 0.714. The van der Waals surface area contributed by atoms with Crippen molar-refractivity contribution < 1.29 is 23.8 Å². The summed E-state index contributed by atoms with van der Waals surface area (Å²) in [6, 6.07) is 0. The molecule has 0 aromatic rings. The highest BCUT2D eigenvalue weighted by Gasteiger charge is 2.57. The van der Waals surface area contributed by atoms with Crippen LogP contribution in [-0.4, -0.2) is 35.9 Å². The van der Waals surface area contributed by atoms with Gasteiger partial charge < -0.3 is 14.2 Å². The van der Waals surface area contributed by atoms with Gasteiger partial charge in [-0.3, -0.25) is 4.79 Å². The number of hydrogen-bond donors (Lipinski definition) is 0. The molecule has 2 bridgehead atoms. The van der Waals surface area contributed by atoms with Crippen LogP contribution in [0.5, 0.6) is 0 Å². The molecule has 0 unspecified atom stereocenters. The van der Waals surface area contributed by atoms with Gasteiger partial charge in [-0.1, -0.05) is 6.08 Å². The summed E-state index contributed by atoms with van der Waals surface area (Å²) in [6.45, 7) is 7.48.